The number of rotatable bonds is 5. The Bertz CT molecular complexity index is 973. The number of benzene rings is 2. The number of alkyl halides is 3. The quantitative estimate of drug-likeness (QED) is 0.639. The van der Waals surface area contributed by atoms with Gasteiger partial charge in [-0.25, -0.2) is 4.98 Å². The number of carbonyl (C=O) groups is 1. The lowest BCUT2D eigenvalue weighted by molar-refractivity contribution is -0.137. The smallest absolute Gasteiger partial charge is 0.416 e. The van der Waals surface area contributed by atoms with E-state index in [1.807, 2.05) is 0 Å². The van der Waals surface area contributed by atoms with Crippen LogP contribution in [0.5, 0.6) is 5.75 Å². The highest BCUT2D eigenvalue weighted by Crippen LogP contribution is 2.31. The molecule has 0 saturated carbocycles. The molecule has 1 heterocycles. The van der Waals surface area contributed by atoms with E-state index >= 15 is 0 Å². The molecule has 28 heavy (non-hydrogen) atoms. The van der Waals surface area contributed by atoms with Crippen LogP contribution in [-0.2, 0) is 6.18 Å². The topological polar surface area (TPSA) is 63.2 Å². The molecule has 1 amide bonds. The number of nitrogens with one attached hydrogen (secondary N) is 2. The van der Waals surface area contributed by atoms with Crippen LogP contribution < -0.4 is 15.4 Å². The molecule has 0 aliphatic rings. The minimum atomic E-state index is -4.44. The summed E-state index contributed by atoms with van der Waals surface area (Å²) in [7, 11) is 1.55. The Hall–Kier alpha value is -3.55. The van der Waals surface area contributed by atoms with Crippen molar-refractivity contribution in [3.63, 3.8) is 0 Å². The monoisotopic (exact) mass is 387 g/mol. The van der Waals surface area contributed by atoms with Crippen molar-refractivity contribution in [3.8, 4) is 5.75 Å². The molecule has 0 fully saturated rings. The number of amides is 1. The zero-order valence-electron chi connectivity index (χ0n) is 14.7. The zero-order chi connectivity index (χ0) is 20.1. The van der Waals surface area contributed by atoms with Crippen LogP contribution in [0.15, 0.2) is 66.9 Å². The number of methoxy groups -OCH3 is 1. The summed E-state index contributed by atoms with van der Waals surface area (Å²) in [6.45, 7) is 0. The summed E-state index contributed by atoms with van der Waals surface area (Å²) in [5, 5.41) is 5.51. The molecule has 1 aromatic heterocycles. The SMILES string of the molecule is COc1ccc(NC(=O)c2ccnc(Nc3cccc(C(F)(F)F)c3)c2)cc1. The number of hydrogen-bond donors (Lipinski definition) is 2. The molecule has 5 nitrogen and oxygen atoms in total. The summed E-state index contributed by atoms with van der Waals surface area (Å²) < 4.78 is 43.5. The van der Waals surface area contributed by atoms with Crippen molar-refractivity contribution in [2.75, 3.05) is 17.7 Å². The third-order valence-electron chi connectivity index (χ3n) is 3.83. The molecule has 2 aromatic carbocycles. The maximum Gasteiger partial charge on any atom is 0.416 e. The lowest BCUT2D eigenvalue weighted by Gasteiger charge is -2.11. The third-order valence-corrected chi connectivity index (χ3v) is 3.83. The Kier molecular flexibility index (Phi) is 5.49. The highest BCUT2D eigenvalue weighted by Gasteiger charge is 2.30. The van der Waals surface area contributed by atoms with Gasteiger partial charge in [-0.2, -0.15) is 13.2 Å². The van der Waals surface area contributed by atoms with Gasteiger partial charge in [0.15, 0.2) is 0 Å². The van der Waals surface area contributed by atoms with Crippen LogP contribution in [0.4, 0.5) is 30.4 Å². The summed E-state index contributed by atoms with van der Waals surface area (Å²) >= 11 is 0. The van der Waals surface area contributed by atoms with Gasteiger partial charge in [-0.15, -0.1) is 0 Å². The number of carbonyl (C=O) groups excluding carboxylic acids is 1. The highest BCUT2D eigenvalue weighted by atomic mass is 19.4. The van der Waals surface area contributed by atoms with Crippen LogP contribution in [0.2, 0.25) is 0 Å². The second kappa shape index (κ2) is 7.99. The Morgan fingerprint density at radius 3 is 2.43 bits per heavy atom. The van der Waals surface area contributed by atoms with E-state index in [1.54, 1.807) is 31.4 Å². The number of hydrogen-bond acceptors (Lipinski definition) is 4. The fraction of sp³-hybridized carbons (Fsp3) is 0.100. The second-order valence-corrected chi connectivity index (χ2v) is 5.82. The van der Waals surface area contributed by atoms with Crippen LogP contribution in [0, 0.1) is 0 Å². The average molecular weight is 387 g/mol. The maximum atomic E-state index is 12.8. The first kappa shape index (κ1) is 19.2. The molecule has 0 bridgehead atoms. The molecule has 144 valence electrons. The van der Waals surface area contributed by atoms with Gasteiger partial charge in [0.25, 0.3) is 5.91 Å². The Morgan fingerprint density at radius 2 is 1.75 bits per heavy atom. The second-order valence-electron chi connectivity index (χ2n) is 5.82. The predicted molar refractivity (Wildman–Crippen MR) is 99.9 cm³/mol. The summed E-state index contributed by atoms with van der Waals surface area (Å²) in [6, 6.07) is 14.5. The fourth-order valence-electron chi connectivity index (χ4n) is 2.44. The molecule has 0 aliphatic carbocycles. The van der Waals surface area contributed by atoms with Gasteiger partial charge in [0, 0.05) is 23.1 Å². The maximum absolute atomic E-state index is 12.8. The minimum Gasteiger partial charge on any atom is -0.497 e. The molecular formula is C20H16F3N3O2. The molecule has 3 aromatic rings. The molecule has 0 radical (unpaired) electrons. The Balaban J connectivity index is 1.74. The van der Waals surface area contributed by atoms with Gasteiger partial charge in [-0.1, -0.05) is 6.07 Å². The number of anilines is 3. The van der Waals surface area contributed by atoms with Crippen molar-refractivity contribution in [1.29, 1.82) is 0 Å². The van der Waals surface area contributed by atoms with E-state index < -0.39 is 11.7 Å². The van der Waals surface area contributed by atoms with E-state index in [2.05, 4.69) is 15.6 Å². The van der Waals surface area contributed by atoms with Gasteiger partial charge in [0.05, 0.1) is 12.7 Å². The first-order valence-corrected chi connectivity index (χ1v) is 8.21. The molecule has 0 unspecified atom stereocenters. The van der Waals surface area contributed by atoms with Crippen LogP contribution >= 0.6 is 0 Å². The predicted octanol–water partition coefficient (Wildman–Crippen LogP) is 5.10. The molecule has 0 saturated heterocycles. The van der Waals surface area contributed by atoms with Gasteiger partial charge >= 0.3 is 6.18 Å². The van der Waals surface area contributed by atoms with Crippen molar-refractivity contribution in [2.24, 2.45) is 0 Å². The van der Waals surface area contributed by atoms with E-state index in [9.17, 15) is 18.0 Å². The van der Waals surface area contributed by atoms with Gasteiger partial charge in [-0.05, 0) is 54.6 Å². The van der Waals surface area contributed by atoms with E-state index in [0.717, 1.165) is 12.1 Å². The van der Waals surface area contributed by atoms with Gasteiger partial charge in [-0.3, -0.25) is 4.79 Å². The summed E-state index contributed by atoms with van der Waals surface area (Å²) in [4.78, 5) is 16.5. The first-order chi connectivity index (χ1) is 13.3. The van der Waals surface area contributed by atoms with E-state index in [-0.39, 0.29) is 17.4 Å². The molecule has 2 N–H and O–H groups in total. The Morgan fingerprint density at radius 1 is 1.00 bits per heavy atom. The zero-order valence-corrected chi connectivity index (χ0v) is 14.7. The number of pyridine rings is 1. The van der Waals surface area contributed by atoms with E-state index in [0.29, 0.717) is 17.0 Å². The van der Waals surface area contributed by atoms with Crippen molar-refractivity contribution in [1.82, 2.24) is 4.98 Å². The number of halogens is 3. The third kappa shape index (κ3) is 4.79. The highest BCUT2D eigenvalue weighted by molar-refractivity contribution is 6.04. The van der Waals surface area contributed by atoms with Gasteiger partial charge in [0.2, 0.25) is 0 Å². The number of ether oxygens (including phenoxy) is 1. The largest absolute Gasteiger partial charge is 0.497 e. The molecule has 3 rings (SSSR count). The first-order valence-electron chi connectivity index (χ1n) is 8.21. The normalized spacial score (nSPS) is 11.0. The average Bonchev–Trinajstić information content (AvgIpc) is 2.68. The fourth-order valence-corrected chi connectivity index (χ4v) is 2.44. The summed E-state index contributed by atoms with van der Waals surface area (Å²) in [5.74, 6) is 0.538. The molecule has 0 spiro atoms. The number of nitrogens with zero attached hydrogens (tertiary/aromatic N) is 1. The lowest BCUT2D eigenvalue weighted by atomic mass is 10.2. The standard InChI is InChI=1S/C20H16F3N3O2/c1-28-17-7-5-15(6-8-17)26-19(27)13-9-10-24-18(11-13)25-16-4-2-3-14(12-16)20(21,22)23/h2-12H,1H3,(H,24,25)(H,26,27). The lowest BCUT2D eigenvalue weighted by Crippen LogP contribution is -2.12. The van der Waals surface area contributed by atoms with Gasteiger partial charge < -0.3 is 15.4 Å². The summed E-state index contributed by atoms with van der Waals surface area (Å²) in [5.41, 5.74) is 0.330. The molecule has 8 heteroatoms. The van der Waals surface area contributed by atoms with E-state index in [1.165, 1.54) is 30.5 Å². The van der Waals surface area contributed by atoms with Crippen LogP contribution in [0.1, 0.15) is 15.9 Å². The van der Waals surface area contributed by atoms with Crippen LogP contribution in [0.3, 0.4) is 0 Å². The van der Waals surface area contributed by atoms with Crippen molar-refractivity contribution >= 4 is 23.1 Å². The summed E-state index contributed by atoms with van der Waals surface area (Å²) in [6.07, 6.45) is -3.04. The van der Waals surface area contributed by atoms with Crippen molar-refractivity contribution in [2.45, 2.75) is 6.18 Å². The van der Waals surface area contributed by atoms with Crippen LogP contribution in [-0.4, -0.2) is 18.0 Å². The van der Waals surface area contributed by atoms with E-state index in [4.69, 9.17) is 4.74 Å². The minimum absolute atomic E-state index is 0.218. The molecule has 0 aliphatic heterocycles. The van der Waals surface area contributed by atoms with Gasteiger partial charge in [0.1, 0.15) is 11.6 Å². The van der Waals surface area contributed by atoms with Crippen molar-refractivity contribution < 1.29 is 22.7 Å². The number of aromatic nitrogens is 1. The Labute approximate surface area is 159 Å². The molecule has 0 atom stereocenters. The molecular weight excluding hydrogens is 371 g/mol. The van der Waals surface area contributed by atoms with Crippen LogP contribution in [0.25, 0.3) is 0 Å². The van der Waals surface area contributed by atoms with Crippen molar-refractivity contribution in [3.05, 3.63) is 78.0 Å².